The van der Waals surface area contributed by atoms with E-state index in [-0.39, 0.29) is 52.3 Å². The summed E-state index contributed by atoms with van der Waals surface area (Å²) >= 11 is 11.8. The van der Waals surface area contributed by atoms with Crippen LogP contribution in [0.4, 0.5) is 0 Å². The Bertz CT molecular complexity index is 629. The van der Waals surface area contributed by atoms with Crippen molar-refractivity contribution in [2.24, 2.45) is 0 Å². The summed E-state index contributed by atoms with van der Waals surface area (Å²) in [6, 6.07) is 4.57. The van der Waals surface area contributed by atoms with Gasteiger partial charge in [-0.25, -0.2) is 13.1 Å². The molecule has 1 aromatic rings. The molecule has 10 heteroatoms. The van der Waals surface area contributed by atoms with Gasteiger partial charge >= 0.3 is 0 Å². The molecule has 1 saturated heterocycles. The van der Waals surface area contributed by atoms with Crippen LogP contribution in [0, 0.1) is 0 Å². The lowest BCUT2D eigenvalue weighted by Gasteiger charge is -2.12. The monoisotopic (exact) mass is 401 g/mol. The molecule has 0 radical (unpaired) electrons. The van der Waals surface area contributed by atoms with Crippen LogP contribution in [-0.4, -0.2) is 40.0 Å². The number of halogens is 3. The van der Waals surface area contributed by atoms with Crippen LogP contribution >= 0.6 is 35.6 Å². The van der Waals surface area contributed by atoms with Crippen LogP contribution in [0.1, 0.15) is 12.8 Å². The zero-order valence-corrected chi connectivity index (χ0v) is 15.3. The average molecular weight is 403 g/mol. The lowest BCUT2D eigenvalue weighted by molar-refractivity contribution is -0.121. The molecule has 0 aromatic heterocycles. The first kappa shape index (κ1) is 20.5. The van der Waals surface area contributed by atoms with Crippen LogP contribution in [0.5, 0.6) is 0 Å². The molecular formula is C13H18Cl3N3O3S. The number of carbonyl (C=O) groups is 1. The summed E-state index contributed by atoms with van der Waals surface area (Å²) in [5.74, 6) is -0.193. The van der Waals surface area contributed by atoms with E-state index >= 15 is 0 Å². The fourth-order valence-corrected chi connectivity index (χ4v) is 4.36. The van der Waals surface area contributed by atoms with E-state index in [4.69, 9.17) is 23.2 Å². The van der Waals surface area contributed by atoms with Gasteiger partial charge in [-0.2, -0.15) is 0 Å². The van der Waals surface area contributed by atoms with Gasteiger partial charge in [0.25, 0.3) is 0 Å². The second-order valence-corrected chi connectivity index (χ2v) is 7.47. The van der Waals surface area contributed by atoms with Crippen molar-refractivity contribution in [3.8, 4) is 0 Å². The highest BCUT2D eigenvalue weighted by Gasteiger charge is 2.22. The molecule has 6 nitrogen and oxygen atoms in total. The highest BCUT2D eigenvalue weighted by Crippen LogP contribution is 2.28. The van der Waals surface area contributed by atoms with Crippen molar-refractivity contribution in [2.45, 2.75) is 23.8 Å². The first-order chi connectivity index (χ1) is 10.4. The van der Waals surface area contributed by atoms with Crippen molar-refractivity contribution < 1.29 is 13.2 Å². The quantitative estimate of drug-likeness (QED) is 0.674. The Labute approximate surface area is 151 Å². The Balaban J connectivity index is 0.00000264. The van der Waals surface area contributed by atoms with Crippen LogP contribution in [0.25, 0.3) is 0 Å². The number of sulfonamides is 1. The smallest absolute Gasteiger partial charge is 0.243 e. The van der Waals surface area contributed by atoms with Crippen molar-refractivity contribution in [2.75, 3.05) is 19.6 Å². The van der Waals surface area contributed by atoms with Gasteiger partial charge in [-0.3, -0.25) is 4.79 Å². The number of nitrogens with one attached hydrogen (secondary N) is 3. The van der Waals surface area contributed by atoms with Crippen molar-refractivity contribution in [3.63, 3.8) is 0 Å². The van der Waals surface area contributed by atoms with Gasteiger partial charge in [0.15, 0.2) is 0 Å². The van der Waals surface area contributed by atoms with Gasteiger partial charge in [0.2, 0.25) is 15.9 Å². The minimum atomic E-state index is -3.85. The molecular weight excluding hydrogens is 385 g/mol. The number of rotatable bonds is 6. The van der Waals surface area contributed by atoms with E-state index in [1.165, 1.54) is 12.1 Å². The van der Waals surface area contributed by atoms with Crippen molar-refractivity contribution in [3.05, 3.63) is 28.2 Å². The summed E-state index contributed by atoms with van der Waals surface area (Å²) in [7, 11) is -3.85. The average Bonchev–Trinajstić information content (AvgIpc) is 2.90. The van der Waals surface area contributed by atoms with E-state index in [0.29, 0.717) is 0 Å². The standard InChI is InChI=1S/C13H17Cl2N3O3S.ClH/c14-10-2-1-3-11(15)13(10)22(20,21)17-7-5-12(19)18-9-4-6-16-8-9;/h1-3,9,16-17H,4-8H2,(H,18,19);1H. The van der Waals surface area contributed by atoms with Gasteiger partial charge in [0.1, 0.15) is 4.90 Å². The minimum absolute atomic E-state index is 0. The molecule has 2 rings (SSSR count). The van der Waals surface area contributed by atoms with Gasteiger partial charge in [-0.15, -0.1) is 12.4 Å². The van der Waals surface area contributed by atoms with Crippen LogP contribution in [0.2, 0.25) is 10.0 Å². The fraction of sp³-hybridized carbons (Fsp3) is 0.462. The summed E-state index contributed by atoms with van der Waals surface area (Å²) in [5, 5.41) is 6.06. The highest BCUT2D eigenvalue weighted by molar-refractivity contribution is 7.89. The zero-order valence-electron chi connectivity index (χ0n) is 12.1. The molecule has 1 aromatic carbocycles. The van der Waals surface area contributed by atoms with E-state index in [2.05, 4.69) is 15.4 Å². The summed E-state index contributed by atoms with van der Waals surface area (Å²) in [6.45, 7) is 1.60. The Morgan fingerprint density at radius 3 is 2.52 bits per heavy atom. The molecule has 0 spiro atoms. The van der Waals surface area contributed by atoms with Gasteiger partial charge in [-0.05, 0) is 25.1 Å². The largest absolute Gasteiger partial charge is 0.352 e. The second kappa shape index (κ2) is 9.05. The molecule has 1 aliphatic heterocycles. The summed E-state index contributed by atoms with van der Waals surface area (Å²) in [4.78, 5) is 11.6. The van der Waals surface area contributed by atoms with E-state index < -0.39 is 10.0 Å². The Hall–Kier alpha value is -0.570. The number of hydrogen-bond acceptors (Lipinski definition) is 4. The van der Waals surface area contributed by atoms with Crippen LogP contribution < -0.4 is 15.4 Å². The van der Waals surface area contributed by atoms with Crippen molar-refractivity contribution in [1.29, 1.82) is 0 Å². The molecule has 1 fully saturated rings. The second-order valence-electron chi connectivity index (χ2n) is 4.96. The van der Waals surface area contributed by atoms with Gasteiger partial charge < -0.3 is 10.6 Å². The third-order valence-electron chi connectivity index (χ3n) is 3.26. The lowest BCUT2D eigenvalue weighted by atomic mass is 10.2. The number of benzene rings is 1. The predicted octanol–water partition coefficient (Wildman–Crippen LogP) is 1.56. The van der Waals surface area contributed by atoms with Gasteiger partial charge in [0, 0.05) is 25.6 Å². The highest BCUT2D eigenvalue weighted by atomic mass is 35.5. The fourth-order valence-electron chi connectivity index (χ4n) is 2.19. The first-order valence-electron chi connectivity index (χ1n) is 6.84. The van der Waals surface area contributed by atoms with E-state index in [1.807, 2.05) is 0 Å². The molecule has 0 saturated carbocycles. The minimum Gasteiger partial charge on any atom is -0.352 e. The molecule has 130 valence electrons. The molecule has 0 bridgehead atoms. The molecule has 0 aliphatic carbocycles. The SMILES string of the molecule is Cl.O=C(CCNS(=O)(=O)c1c(Cl)cccc1Cl)NC1CCNC1. The zero-order chi connectivity index (χ0) is 16.2. The van der Waals surface area contributed by atoms with Crippen LogP contribution in [-0.2, 0) is 14.8 Å². The first-order valence-corrected chi connectivity index (χ1v) is 9.08. The van der Waals surface area contributed by atoms with Crippen molar-refractivity contribution >= 4 is 51.5 Å². The number of amides is 1. The van der Waals surface area contributed by atoms with Crippen LogP contribution in [0.15, 0.2) is 23.1 Å². The maximum Gasteiger partial charge on any atom is 0.243 e. The predicted molar refractivity (Wildman–Crippen MR) is 92.9 cm³/mol. The van der Waals surface area contributed by atoms with E-state index in [9.17, 15) is 13.2 Å². The Kier molecular flexibility index (Phi) is 8.06. The summed E-state index contributed by atoms with van der Waals surface area (Å²) < 4.78 is 26.7. The van der Waals surface area contributed by atoms with Crippen molar-refractivity contribution in [1.82, 2.24) is 15.4 Å². The van der Waals surface area contributed by atoms with Crippen LogP contribution in [0.3, 0.4) is 0 Å². The maximum absolute atomic E-state index is 12.2. The molecule has 1 amide bonds. The summed E-state index contributed by atoms with van der Waals surface area (Å²) in [6.07, 6.45) is 0.935. The van der Waals surface area contributed by atoms with Gasteiger partial charge in [-0.1, -0.05) is 29.3 Å². The maximum atomic E-state index is 12.2. The third kappa shape index (κ3) is 5.77. The van der Waals surface area contributed by atoms with E-state index in [0.717, 1.165) is 19.5 Å². The molecule has 1 heterocycles. The molecule has 1 atom stereocenters. The Morgan fingerprint density at radius 2 is 1.96 bits per heavy atom. The number of carbonyl (C=O) groups excluding carboxylic acids is 1. The molecule has 23 heavy (non-hydrogen) atoms. The number of hydrogen-bond donors (Lipinski definition) is 3. The Morgan fingerprint density at radius 1 is 1.30 bits per heavy atom. The molecule has 1 aliphatic rings. The van der Waals surface area contributed by atoms with E-state index in [1.54, 1.807) is 6.07 Å². The lowest BCUT2D eigenvalue weighted by Crippen LogP contribution is -2.38. The molecule has 3 N–H and O–H groups in total. The molecule has 1 unspecified atom stereocenters. The normalized spacial score (nSPS) is 17.6. The third-order valence-corrected chi connectivity index (χ3v) is 5.67. The van der Waals surface area contributed by atoms with Gasteiger partial charge in [0.05, 0.1) is 10.0 Å². The topological polar surface area (TPSA) is 87.3 Å². The summed E-state index contributed by atoms with van der Waals surface area (Å²) in [5.41, 5.74) is 0.